The summed E-state index contributed by atoms with van der Waals surface area (Å²) >= 11 is 0. The molecule has 2 nitrogen and oxygen atoms in total. The number of aliphatic hydroxyl groups is 1. The summed E-state index contributed by atoms with van der Waals surface area (Å²) in [7, 11) is 0. The molecule has 2 atom stereocenters. The largest absolute Gasteiger partial charge is 0.388 e. The van der Waals surface area contributed by atoms with Gasteiger partial charge in [0.2, 0.25) is 0 Å². The molecule has 0 aliphatic heterocycles. The maximum absolute atomic E-state index is 9.82. The van der Waals surface area contributed by atoms with E-state index in [1.807, 2.05) is 0 Å². The summed E-state index contributed by atoms with van der Waals surface area (Å²) < 4.78 is 0. The van der Waals surface area contributed by atoms with Crippen molar-refractivity contribution in [3.8, 4) is 0 Å². The minimum atomic E-state index is -0.543. The molecular formula is C8H17NO. The van der Waals surface area contributed by atoms with Crippen molar-refractivity contribution in [3.63, 3.8) is 0 Å². The van der Waals surface area contributed by atoms with Gasteiger partial charge >= 0.3 is 0 Å². The summed E-state index contributed by atoms with van der Waals surface area (Å²) in [6, 6.07) is 0. The molecule has 0 spiro atoms. The zero-order chi connectivity index (χ0) is 7.61. The second kappa shape index (κ2) is 2.89. The van der Waals surface area contributed by atoms with E-state index >= 15 is 0 Å². The molecule has 1 aliphatic rings. The van der Waals surface area contributed by atoms with Crippen LogP contribution in [0.2, 0.25) is 0 Å². The van der Waals surface area contributed by atoms with E-state index in [4.69, 9.17) is 5.73 Å². The molecular weight excluding hydrogens is 126 g/mol. The van der Waals surface area contributed by atoms with Crippen molar-refractivity contribution in [1.82, 2.24) is 0 Å². The van der Waals surface area contributed by atoms with Crippen LogP contribution in [0, 0.1) is 5.92 Å². The number of nitrogens with two attached hydrogens (primary N) is 1. The van der Waals surface area contributed by atoms with Crippen LogP contribution in [-0.2, 0) is 0 Å². The van der Waals surface area contributed by atoms with Gasteiger partial charge in [-0.05, 0) is 18.8 Å². The first-order valence-corrected chi connectivity index (χ1v) is 4.11. The molecule has 0 aromatic rings. The van der Waals surface area contributed by atoms with Gasteiger partial charge in [-0.25, -0.2) is 0 Å². The van der Waals surface area contributed by atoms with Gasteiger partial charge in [-0.2, -0.15) is 0 Å². The smallest absolute Gasteiger partial charge is 0.0794 e. The molecule has 10 heavy (non-hydrogen) atoms. The summed E-state index contributed by atoms with van der Waals surface area (Å²) in [4.78, 5) is 0. The van der Waals surface area contributed by atoms with Gasteiger partial charge in [0.25, 0.3) is 0 Å². The summed E-state index contributed by atoms with van der Waals surface area (Å²) in [5.74, 6) is 0.395. The Morgan fingerprint density at radius 2 is 2.30 bits per heavy atom. The Hall–Kier alpha value is -0.0800. The number of hydrogen-bond acceptors (Lipinski definition) is 2. The van der Waals surface area contributed by atoms with Crippen molar-refractivity contribution in [1.29, 1.82) is 0 Å². The highest BCUT2D eigenvalue weighted by molar-refractivity contribution is 4.88. The first-order valence-electron chi connectivity index (χ1n) is 4.11. The van der Waals surface area contributed by atoms with Crippen molar-refractivity contribution in [2.45, 2.75) is 38.2 Å². The third-order valence-corrected chi connectivity index (χ3v) is 2.77. The second-order valence-electron chi connectivity index (χ2n) is 3.45. The first-order chi connectivity index (χ1) is 4.69. The highest BCUT2D eigenvalue weighted by Gasteiger charge is 2.34. The van der Waals surface area contributed by atoms with Crippen molar-refractivity contribution in [2.75, 3.05) is 6.54 Å². The Balaban J connectivity index is 2.54. The minimum absolute atomic E-state index is 0.395. The fraction of sp³-hybridized carbons (Fsp3) is 1.00. The summed E-state index contributed by atoms with van der Waals surface area (Å²) in [6.07, 6.45) is 4.42. The summed E-state index contributed by atoms with van der Waals surface area (Å²) in [5, 5.41) is 9.82. The SMILES string of the molecule is C[C@@H]1CCCC[C@@]1(O)CN. The van der Waals surface area contributed by atoms with Gasteiger partial charge in [0, 0.05) is 6.54 Å². The molecule has 0 amide bonds. The standard InChI is InChI=1S/C8H17NO/c1-7-4-2-3-5-8(7,10)6-9/h7,10H,2-6,9H2,1H3/t7-,8-/m1/s1. The maximum Gasteiger partial charge on any atom is 0.0794 e. The molecule has 0 aromatic heterocycles. The third-order valence-electron chi connectivity index (χ3n) is 2.77. The summed E-state index contributed by atoms with van der Waals surface area (Å²) in [6.45, 7) is 2.51. The van der Waals surface area contributed by atoms with Crippen LogP contribution in [0.1, 0.15) is 32.6 Å². The molecule has 0 heterocycles. The lowest BCUT2D eigenvalue weighted by Gasteiger charge is -2.36. The molecule has 1 saturated carbocycles. The minimum Gasteiger partial charge on any atom is -0.388 e. The molecule has 60 valence electrons. The van der Waals surface area contributed by atoms with Crippen LogP contribution < -0.4 is 5.73 Å². The van der Waals surface area contributed by atoms with Crippen LogP contribution >= 0.6 is 0 Å². The van der Waals surface area contributed by atoms with Gasteiger partial charge in [0.15, 0.2) is 0 Å². The topological polar surface area (TPSA) is 46.2 Å². The second-order valence-corrected chi connectivity index (χ2v) is 3.45. The number of hydrogen-bond donors (Lipinski definition) is 2. The quantitative estimate of drug-likeness (QED) is 0.572. The highest BCUT2D eigenvalue weighted by Crippen LogP contribution is 2.32. The molecule has 0 unspecified atom stereocenters. The lowest BCUT2D eigenvalue weighted by molar-refractivity contribution is -0.0326. The predicted molar refractivity (Wildman–Crippen MR) is 41.6 cm³/mol. The van der Waals surface area contributed by atoms with E-state index < -0.39 is 5.60 Å². The zero-order valence-corrected chi connectivity index (χ0v) is 6.64. The van der Waals surface area contributed by atoms with Crippen LogP contribution in [0.15, 0.2) is 0 Å². The molecule has 1 rings (SSSR count). The van der Waals surface area contributed by atoms with Gasteiger partial charge in [-0.15, -0.1) is 0 Å². The van der Waals surface area contributed by atoms with Crippen molar-refractivity contribution in [2.24, 2.45) is 11.7 Å². The highest BCUT2D eigenvalue weighted by atomic mass is 16.3. The van der Waals surface area contributed by atoms with E-state index in [-0.39, 0.29) is 0 Å². The normalized spacial score (nSPS) is 41.7. The van der Waals surface area contributed by atoms with Gasteiger partial charge in [0.1, 0.15) is 0 Å². The van der Waals surface area contributed by atoms with Gasteiger partial charge in [-0.3, -0.25) is 0 Å². The third kappa shape index (κ3) is 1.32. The van der Waals surface area contributed by atoms with Crippen LogP contribution in [0.25, 0.3) is 0 Å². The molecule has 0 radical (unpaired) electrons. The maximum atomic E-state index is 9.82. The molecule has 0 aromatic carbocycles. The average molecular weight is 143 g/mol. The average Bonchev–Trinajstić information content (AvgIpc) is 1.96. The van der Waals surface area contributed by atoms with Crippen LogP contribution in [0.3, 0.4) is 0 Å². The predicted octanol–water partition coefficient (Wildman–Crippen LogP) is 0.886. The lowest BCUT2D eigenvalue weighted by atomic mass is 9.76. The van der Waals surface area contributed by atoms with Crippen LogP contribution in [-0.4, -0.2) is 17.3 Å². The van der Waals surface area contributed by atoms with E-state index in [1.54, 1.807) is 0 Å². The Morgan fingerprint density at radius 1 is 1.60 bits per heavy atom. The molecule has 0 bridgehead atoms. The first kappa shape index (κ1) is 8.02. The lowest BCUT2D eigenvalue weighted by Crippen LogP contribution is -2.45. The van der Waals surface area contributed by atoms with E-state index in [1.165, 1.54) is 6.42 Å². The Labute approximate surface area is 62.4 Å². The molecule has 1 fully saturated rings. The summed E-state index contributed by atoms with van der Waals surface area (Å²) in [5.41, 5.74) is 4.93. The van der Waals surface area contributed by atoms with Gasteiger partial charge in [0.05, 0.1) is 5.60 Å². The van der Waals surface area contributed by atoms with E-state index in [9.17, 15) is 5.11 Å². The van der Waals surface area contributed by atoms with Crippen molar-refractivity contribution >= 4 is 0 Å². The Bertz CT molecular complexity index is 116. The van der Waals surface area contributed by atoms with Crippen molar-refractivity contribution < 1.29 is 5.11 Å². The molecule has 2 heteroatoms. The molecule has 3 N–H and O–H groups in total. The monoisotopic (exact) mass is 143 g/mol. The fourth-order valence-electron chi connectivity index (χ4n) is 1.70. The molecule has 0 saturated heterocycles. The van der Waals surface area contributed by atoms with E-state index in [0.29, 0.717) is 12.5 Å². The van der Waals surface area contributed by atoms with Crippen LogP contribution in [0.5, 0.6) is 0 Å². The Kier molecular flexibility index (Phi) is 2.32. The number of rotatable bonds is 1. The van der Waals surface area contributed by atoms with E-state index in [2.05, 4.69) is 6.92 Å². The van der Waals surface area contributed by atoms with Gasteiger partial charge < -0.3 is 10.8 Å². The molecule has 1 aliphatic carbocycles. The van der Waals surface area contributed by atoms with Crippen molar-refractivity contribution in [3.05, 3.63) is 0 Å². The zero-order valence-electron chi connectivity index (χ0n) is 6.64. The van der Waals surface area contributed by atoms with E-state index in [0.717, 1.165) is 19.3 Å². The van der Waals surface area contributed by atoms with Gasteiger partial charge in [-0.1, -0.05) is 19.8 Å². The Morgan fingerprint density at radius 3 is 2.70 bits per heavy atom. The fourth-order valence-corrected chi connectivity index (χ4v) is 1.70. The van der Waals surface area contributed by atoms with Crippen LogP contribution in [0.4, 0.5) is 0 Å².